The lowest BCUT2D eigenvalue weighted by molar-refractivity contribution is -0.132. The maximum absolute atomic E-state index is 12.9. The minimum absolute atomic E-state index is 0.0164. The third-order valence-electron chi connectivity index (χ3n) is 5.12. The van der Waals surface area contributed by atoms with E-state index >= 15 is 0 Å². The second-order valence-corrected chi connectivity index (χ2v) is 7.98. The van der Waals surface area contributed by atoms with Crippen LogP contribution in [0.1, 0.15) is 34.2 Å². The number of hydrogen-bond acceptors (Lipinski definition) is 8. The lowest BCUT2D eigenvalue weighted by atomic mass is 10.1. The molecule has 9 heteroatoms. The zero-order chi connectivity index (χ0) is 21.8. The molecule has 1 saturated heterocycles. The monoisotopic (exact) mass is 434 g/mol. The van der Waals surface area contributed by atoms with Crippen LogP contribution in [0.4, 0.5) is 0 Å². The summed E-state index contributed by atoms with van der Waals surface area (Å²) in [6, 6.07) is 3.51. The van der Waals surface area contributed by atoms with Crippen LogP contribution in [-0.4, -0.2) is 53.1 Å². The summed E-state index contributed by atoms with van der Waals surface area (Å²) in [6.07, 6.45) is 1.90. The fourth-order valence-electron chi connectivity index (χ4n) is 3.48. The minimum atomic E-state index is -0.401. The largest absolute Gasteiger partial charge is 0.506 e. The van der Waals surface area contributed by atoms with Crippen LogP contribution in [0.3, 0.4) is 0 Å². The van der Waals surface area contributed by atoms with Crippen LogP contribution in [0.25, 0.3) is 0 Å². The maximum Gasteiger partial charge on any atom is 0.224 e. The summed E-state index contributed by atoms with van der Waals surface area (Å²) in [6.45, 7) is 1.52. The second kappa shape index (κ2) is 9.44. The number of aliphatic hydroxyl groups excluding tert-OH is 1. The standard InChI is InChI=1S/C21H26N2O6S/c1-12-20(26)15(13(11-24)9-22-12)10-23-18(25)5-6-30-21(23)19-16(28-3)7-14(27-2)8-17(19)29-4/h7-9,21,24,26H,5-6,10-11H2,1-4H3. The Morgan fingerprint density at radius 2 is 1.87 bits per heavy atom. The quantitative estimate of drug-likeness (QED) is 0.686. The van der Waals surface area contributed by atoms with Crippen molar-refractivity contribution < 1.29 is 29.2 Å². The van der Waals surface area contributed by atoms with Gasteiger partial charge in [0.15, 0.2) is 0 Å². The van der Waals surface area contributed by atoms with Gasteiger partial charge >= 0.3 is 0 Å². The zero-order valence-electron chi connectivity index (χ0n) is 17.5. The van der Waals surface area contributed by atoms with E-state index in [4.69, 9.17) is 14.2 Å². The van der Waals surface area contributed by atoms with Crippen molar-refractivity contribution in [1.29, 1.82) is 0 Å². The molecule has 1 atom stereocenters. The number of ether oxygens (including phenoxy) is 3. The number of rotatable bonds is 7. The molecule has 0 aliphatic carbocycles. The highest BCUT2D eigenvalue weighted by atomic mass is 32.2. The molecule has 1 aromatic carbocycles. The molecule has 2 aromatic rings. The fourth-order valence-corrected chi connectivity index (χ4v) is 4.76. The van der Waals surface area contributed by atoms with E-state index in [0.29, 0.717) is 46.2 Å². The summed E-state index contributed by atoms with van der Waals surface area (Å²) in [5, 5.41) is 19.9. The number of hydrogen-bond donors (Lipinski definition) is 2. The molecule has 3 rings (SSSR count). The van der Waals surface area contributed by atoms with Crippen molar-refractivity contribution in [2.45, 2.75) is 31.9 Å². The Morgan fingerprint density at radius 1 is 1.20 bits per heavy atom. The van der Waals surface area contributed by atoms with E-state index in [1.165, 1.54) is 6.20 Å². The minimum Gasteiger partial charge on any atom is -0.506 e. The van der Waals surface area contributed by atoms with Gasteiger partial charge in [-0.3, -0.25) is 9.78 Å². The number of aromatic nitrogens is 1. The van der Waals surface area contributed by atoms with Crippen molar-refractivity contribution in [2.75, 3.05) is 27.1 Å². The van der Waals surface area contributed by atoms with Gasteiger partial charge in [-0.2, -0.15) is 0 Å². The molecule has 1 unspecified atom stereocenters. The van der Waals surface area contributed by atoms with Crippen molar-refractivity contribution >= 4 is 17.7 Å². The lowest BCUT2D eigenvalue weighted by Gasteiger charge is -2.37. The van der Waals surface area contributed by atoms with E-state index < -0.39 is 5.37 Å². The molecule has 0 radical (unpaired) electrons. The van der Waals surface area contributed by atoms with Crippen molar-refractivity contribution in [1.82, 2.24) is 9.88 Å². The Kier molecular flexibility index (Phi) is 6.94. The first-order chi connectivity index (χ1) is 14.4. The molecule has 2 N–H and O–H groups in total. The SMILES string of the molecule is COc1cc(OC)c(C2SCCC(=O)N2Cc2c(CO)cnc(C)c2O)c(OC)c1. The predicted molar refractivity (Wildman–Crippen MR) is 113 cm³/mol. The Hall–Kier alpha value is -2.65. The number of pyridine rings is 1. The van der Waals surface area contributed by atoms with Crippen molar-refractivity contribution in [3.05, 3.63) is 40.7 Å². The van der Waals surface area contributed by atoms with Gasteiger partial charge in [-0.05, 0) is 6.92 Å². The van der Waals surface area contributed by atoms with Crippen molar-refractivity contribution in [3.63, 3.8) is 0 Å². The Morgan fingerprint density at radius 3 is 2.43 bits per heavy atom. The number of amides is 1. The fraction of sp³-hybridized carbons (Fsp3) is 0.429. The number of benzene rings is 1. The van der Waals surface area contributed by atoms with Crippen molar-refractivity contribution in [3.8, 4) is 23.0 Å². The average Bonchev–Trinajstić information content (AvgIpc) is 2.77. The summed E-state index contributed by atoms with van der Waals surface area (Å²) in [4.78, 5) is 18.7. The normalized spacial score (nSPS) is 16.5. The zero-order valence-corrected chi connectivity index (χ0v) is 18.3. The number of aliphatic hydroxyl groups is 1. The van der Waals surface area contributed by atoms with Crippen LogP contribution in [0.5, 0.6) is 23.0 Å². The molecule has 0 bridgehead atoms. The first kappa shape index (κ1) is 22.0. The van der Waals surface area contributed by atoms with Gasteiger partial charge in [0.1, 0.15) is 28.4 Å². The molecule has 2 heterocycles. The summed E-state index contributed by atoms with van der Waals surface area (Å²) >= 11 is 1.59. The van der Waals surface area contributed by atoms with E-state index in [9.17, 15) is 15.0 Å². The van der Waals surface area contributed by atoms with Crippen LogP contribution in [0, 0.1) is 6.92 Å². The topological polar surface area (TPSA) is 101 Å². The van der Waals surface area contributed by atoms with E-state index in [2.05, 4.69) is 4.98 Å². The van der Waals surface area contributed by atoms with Crippen LogP contribution < -0.4 is 14.2 Å². The molecule has 30 heavy (non-hydrogen) atoms. The lowest BCUT2D eigenvalue weighted by Crippen LogP contribution is -2.37. The third kappa shape index (κ3) is 4.13. The summed E-state index contributed by atoms with van der Waals surface area (Å²) < 4.78 is 16.5. The molecule has 1 fully saturated rings. The van der Waals surface area contributed by atoms with Gasteiger partial charge in [0, 0.05) is 41.6 Å². The number of nitrogens with zero attached hydrogens (tertiary/aromatic N) is 2. The van der Waals surface area contributed by atoms with Gasteiger partial charge in [0.2, 0.25) is 5.91 Å². The van der Waals surface area contributed by atoms with Gasteiger partial charge in [0.25, 0.3) is 0 Å². The smallest absolute Gasteiger partial charge is 0.224 e. The summed E-state index contributed by atoms with van der Waals surface area (Å²) in [5.41, 5.74) is 2.12. The number of methoxy groups -OCH3 is 3. The number of aryl methyl sites for hydroxylation is 1. The summed E-state index contributed by atoms with van der Waals surface area (Å²) in [7, 11) is 4.67. The van der Waals surface area contributed by atoms with Gasteiger partial charge in [-0.25, -0.2) is 0 Å². The number of thioether (sulfide) groups is 1. The van der Waals surface area contributed by atoms with Gasteiger partial charge in [-0.1, -0.05) is 0 Å². The van der Waals surface area contributed by atoms with Gasteiger partial charge in [-0.15, -0.1) is 11.8 Å². The molecule has 1 aliphatic rings. The Labute approximate surface area is 179 Å². The van der Waals surface area contributed by atoms with E-state index in [-0.39, 0.29) is 24.8 Å². The second-order valence-electron chi connectivity index (χ2n) is 6.79. The Balaban J connectivity index is 2.10. The van der Waals surface area contributed by atoms with Crippen molar-refractivity contribution in [2.24, 2.45) is 0 Å². The number of carbonyl (C=O) groups excluding carboxylic acids is 1. The molecule has 0 spiro atoms. The van der Waals surface area contributed by atoms with Crippen LogP contribution in [0.15, 0.2) is 18.3 Å². The Bertz CT molecular complexity index is 911. The van der Waals surface area contributed by atoms with E-state index in [0.717, 1.165) is 5.56 Å². The first-order valence-corrected chi connectivity index (χ1v) is 10.5. The maximum atomic E-state index is 12.9. The third-order valence-corrected chi connectivity index (χ3v) is 6.37. The molecule has 8 nitrogen and oxygen atoms in total. The van der Waals surface area contributed by atoms with Crippen LogP contribution in [-0.2, 0) is 17.9 Å². The van der Waals surface area contributed by atoms with Gasteiger partial charge in [0.05, 0.1) is 45.7 Å². The van der Waals surface area contributed by atoms with Crippen LogP contribution >= 0.6 is 11.8 Å². The van der Waals surface area contributed by atoms with Crippen LogP contribution in [0.2, 0.25) is 0 Å². The summed E-state index contributed by atoms with van der Waals surface area (Å²) in [5.74, 6) is 2.23. The average molecular weight is 435 g/mol. The molecule has 162 valence electrons. The first-order valence-electron chi connectivity index (χ1n) is 9.43. The number of aromatic hydroxyl groups is 1. The molecule has 1 aliphatic heterocycles. The number of carbonyl (C=O) groups is 1. The molecule has 0 saturated carbocycles. The predicted octanol–water partition coefficient (Wildman–Crippen LogP) is 2.78. The highest BCUT2D eigenvalue weighted by Crippen LogP contribution is 2.48. The molecule has 1 amide bonds. The molecular formula is C21H26N2O6S. The highest BCUT2D eigenvalue weighted by molar-refractivity contribution is 7.99. The molecular weight excluding hydrogens is 408 g/mol. The van der Waals surface area contributed by atoms with E-state index in [1.807, 2.05) is 0 Å². The van der Waals surface area contributed by atoms with Gasteiger partial charge < -0.3 is 29.3 Å². The van der Waals surface area contributed by atoms with E-state index in [1.54, 1.807) is 57.0 Å². The molecule has 1 aromatic heterocycles. The highest BCUT2D eigenvalue weighted by Gasteiger charge is 2.35.